The van der Waals surface area contributed by atoms with Gasteiger partial charge in [0.15, 0.2) is 0 Å². The highest BCUT2D eigenvalue weighted by molar-refractivity contribution is 7.89. The summed E-state index contributed by atoms with van der Waals surface area (Å²) in [6.07, 6.45) is 1.16. The standard InChI is InChI=1S/C11H16Cl2N2O3S/c1-8(2)7-18-4-3-15-19(16,17)9-5-10(12)11(13)14-6-9/h5-6,8,15H,3-4,7H2,1-2H3. The summed E-state index contributed by atoms with van der Waals surface area (Å²) < 4.78 is 31.4. The van der Waals surface area contributed by atoms with E-state index in [9.17, 15) is 8.42 Å². The van der Waals surface area contributed by atoms with Gasteiger partial charge < -0.3 is 4.74 Å². The molecule has 0 aromatic carbocycles. The third-order valence-electron chi connectivity index (χ3n) is 2.07. The van der Waals surface area contributed by atoms with Crippen molar-refractivity contribution in [1.82, 2.24) is 9.71 Å². The van der Waals surface area contributed by atoms with E-state index in [-0.39, 0.29) is 21.6 Å². The third kappa shape index (κ3) is 5.62. The van der Waals surface area contributed by atoms with E-state index in [2.05, 4.69) is 9.71 Å². The van der Waals surface area contributed by atoms with Gasteiger partial charge in [0, 0.05) is 19.3 Å². The van der Waals surface area contributed by atoms with Crippen LogP contribution in [0.4, 0.5) is 0 Å². The molecule has 8 heteroatoms. The van der Waals surface area contributed by atoms with Gasteiger partial charge in [0.25, 0.3) is 0 Å². The van der Waals surface area contributed by atoms with Crippen molar-refractivity contribution >= 4 is 33.2 Å². The molecule has 0 aliphatic carbocycles. The van der Waals surface area contributed by atoms with Gasteiger partial charge in [0.2, 0.25) is 10.0 Å². The molecule has 0 bridgehead atoms. The zero-order chi connectivity index (χ0) is 14.5. The molecule has 1 rings (SSSR count). The molecule has 5 nitrogen and oxygen atoms in total. The first-order chi connectivity index (χ1) is 8.83. The Morgan fingerprint density at radius 2 is 2.11 bits per heavy atom. The predicted molar refractivity (Wildman–Crippen MR) is 75.1 cm³/mol. The van der Waals surface area contributed by atoms with Gasteiger partial charge in [-0.3, -0.25) is 0 Å². The van der Waals surface area contributed by atoms with Gasteiger partial charge in [-0.25, -0.2) is 18.1 Å². The molecule has 0 spiro atoms. The summed E-state index contributed by atoms with van der Waals surface area (Å²) in [5, 5.41) is 0.168. The number of aromatic nitrogens is 1. The summed E-state index contributed by atoms with van der Waals surface area (Å²) in [4.78, 5) is 3.67. The summed E-state index contributed by atoms with van der Waals surface area (Å²) in [5.74, 6) is 0.413. The number of pyridine rings is 1. The molecule has 0 unspecified atom stereocenters. The minimum Gasteiger partial charge on any atom is -0.380 e. The lowest BCUT2D eigenvalue weighted by atomic mass is 10.2. The maximum Gasteiger partial charge on any atom is 0.242 e. The van der Waals surface area contributed by atoms with Crippen molar-refractivity contribution in [3.63, 3.8) is 0 Å². The van der Waals surface area contributed by atoms with Gasteiger partial charge in [-0.05, 0) is 12.0 Å². The van der Waals surface area contributed by atoms with Gasteiger partial charge >= 0.3 is 0 Å². The summed E-state index contributed by atoms with van der Waals surface area (Å²) in [6.45, 7) is 5.13. The fourth-order valence-corrected chi connectivity index (χ4v) is 2.52. The number of nitrogens with zero attached hydrogens (tertiary/aromatic N) is 1. The Morgan fingerprint density at radius 1 is 1.42 bits per heavy atom. The molecule has 0 amide bonds. The second-order valence-electron chi connectivity index (χ2n) is 4.31. The van der Waals surface area contributed by atoms with Crippen LogP contribution in [0.5, 0.6) is 0 Å². The van der Waals surface area contributed by atoms with Crippen LogP contribution in [0.25, 0.3) is 0 Å². The van der Waals surface area contributed by atoms with E-state index in [1.165, 1.54) is 6.07 Å². The van der Waals surface area contributed by atoms with Crippen LogP contribution >= 0.6 is 23.2 Å². The van der Waals surface area contributed by atoms with Crippen LogP contribution in [-0.2, 0) is 14.8 Å². The molecule has 0 saturated carbocycles. The normalized spacial score (nSPS) is 12.1. The van der Waals surface area contributed by atoms with E-state index in [1.807, 2.05) is 13.8 Å². The maximum atomic E-state index is 11.9. The third-order valence-corrected chi connectivity index (χ3v) is 4.19. The summed E-state index contributed by atoms with van der Waals surface area (Å²) in [7, 11) is -3.64. The zero-order valence-corrected chi connectivity index (χ0v) is 13.0. The van der Waals surface area contributed by atoms with Crippen LogP contribution in [0.1, 0.15) is 13.8 Å². The van der Waals surface area contributed by atoms with Crippen LogP contribution < -0.4 is 4.72 Å². The van der Waals surface area contributed by atoms with Gasteiger partial charge in [-0.2, -0.15) is 0 Å². The van der Waals surface area contributed by atoms with Gasteiger partial charge in [0.1, 0.15) is 10.0 Å². The van der Waals surface area contributed by atoms with Crippen LogP contribution in [-0.4, -0.2) is 33.2 Å². The molecule has 1 aromatic heterocycles. The first-order valence-corrected chi connectivity index (χ1v) is 7.95. The summed E-state index contributed by atoms with van der Waals surface area (Å²) in [5.41, 5.74) is 0. The number of hydrogen-bond donors (Lipinski definition) is 1. The quantitative estimate of drug-likeness (QED) is 0.616. The monoisotopic (exact) mass is 326 g/mol. The van der Waals surface area contributed by atoms with Crippen LogP contribution in [0, 0.1) is 5.92 Å². The second-order valence-corrected chi connectivity index (χ2v) is 6.84. The molecular formula is C11H16Cl2N2O3S. The van der Waals surface area contributed by atoms with Gasteiger partial charge in [-0.15, -0.1) is 0 Å². The molecule has 1 aromatic rings. The number of ether oxygens (including phenoxy) is 1. The molecule has 0 fully saturated rings. The molecular weight excluding hydrogens is 311 g/mol. The Kier molecular flexibility index (Phi) is 6.49. The minimum absolute atomic E-state index is 0.0224. The van der Waals surface area contributed by atoms with Crippen LogP contribution in [0.3, 0.4) is 0 Å². The highest BCUT2D eigenvalue weighted by Gasteiger charge is 2.15. The number of sulfonamides is 1. The average molecular weight is 327 g/mol. The fraction of sp³-hybridized carbons (Fsp3) is 0.545. The van der Waals surface area contributed by atoms with Crippen molar-refractivity contribution in [1.29, 1.82) is 0 Å². The number of rotatable bonds is 7. The molecule has 1 heterocycles. The number of halogens is 2. The average Bonchev–Trinajstić information content (AvgIpc) is 2.31. The van der Waals surface area contributed by atoms with Crippen molar-refractivity contribution in [3.8, 4) is 0 Å². The molecule has 1 N–H and O–H groups in total. The van der Waals surface area contributed by atoms with E-state index < -0.39 is 10.0 Å². The Morgan fingerprint density at radius 3 is 2.68 bits per heavy atom. The number of hydrogen-bond acceptors (Lipinski definition) is 4. The van der Waals surface area contributed by atoms with Gasteiger partial charge in [-0.1, -0.05) is 37.0 Å². The second kappa shape index (κ2) is 7.40. The Hall–Kier alpha value is -0.400. The molecule has 0 radical (unpaired) electrons. The molecule has 108 valence electrons. The van der Waals surface area contributed by atoms with Crippen molar-refractivity contribution in [2.45, 2.75) is 18.7 Å². The lowest BCUT2D eigenvalue weighted by molar-refractivity contribution is 0.114. The smallest absolute Gasteiger partial charge is 0.242 e. The van der Waals surface area contributed by atoms with E-state index in [0.29, 0.717) is 19.1 Å². The zero-order valence-electron chi connectivity index (χ0n) is 10.7. The lowest BCUT2D eigenvalue weighted by Crippen LogP contribution is -2.28. The predicted octanol–water partition coefficient (Wildman–Crippen LogP) is 2.34. The van der Waals surface area contributed by atoms with E-state index in [1.54, 1.807) is 0 Å². The van der Waals surface area contributed by atoms with E-state index >= 15 is 0 Å². The van der Waals surface area contributed by atoms with Gasteiger partial charge in [0.05, 0.1) is 11.6 Å². The van der Waals surface area contributed by atoms with Crippen LogP contribution in [0.2, 0.25) is 10.2 Å². The van der Waals surface area contributed by atoms with Crippen molar-refractivity contribution in [3.05, 3.63) is 22.4 Å². The molecule has 0 aliphatic rings. The topological polar surface area (TPSA) is 68.3 Å². The summed E-state index contributed by atoms with van der Waals surface area (Å²) in [6, 6.07) is 1.26. The van der Waals surface area contributed by atoms with E-state index in [0.717, 1.165) is 6.20 Å². The minimum atomic E-state index is -3.64. The van der Waals surface area contributed by atoms with Crippen LogP contribution in [0.15, 0.2) is 17.2 Å². The first kappa shape index (κ1) is 16.7. The Balaban J connectivity index is 2.54. The molecule has 19 heavy (non-hydrogen) atoms. The fourth-order valence-electron chi connectivity index (χ4n) is 1.20. The molecule has 0 atom stereocenters. The SMILES string of the molecule is CC(C)COCCNS(=O)(=O)c1cnc(Cl)c(Cl)c1. The highest BCUT2D eigenvalue weighted by atomic mass is 35.5. The Labute approximate surface area is 123 Å². The highest BCUT2D eigenvalue weighted by Crippen LogP contribution is 2.21. The molecule has 0 aliphatic heterocycles. The first-order valence-electron chi connectivity index (χ1n) is 5.71. The molecule has 0 saturated heterocycles. The maximum absolute atomic E-state index is 11.9. The van der Waals surface area contributed by atoms with E-state index in [4.69, 9.17) is 27.9 Å². The Bertz CT molecular complexity index is 521. The number of nitrogens with one attached hydrogen (secondary N) is 1. The van der Waals surface area contributed by atoms with Crippen molar-refractivity contribution < 1.29 is 13.2 Å². The lowest BCUT2D eigenvalue weighted by Gasteiger charge is -2.09. The summed E-state index contributed by atoms with van der Waals surface area (Å²) >= 11 is 11.4. The van der Waals surface area contributed by atoms with Crippen molar-refractivity contribution in [2.24, 2.45) is 5.92 Å². The van der Waals surface area contributed by atoms with Crippen molar-refractivity contribution in [2.75, 3.05) is 19.8 Å². The largest absolute Gasteiger partial charge is 0.380 e.